The summed E-state index contributed by atoms with van der Waals surface area (Å²) >= 11 is 0. The number of rotatable bonds is 3. The molecule has 5 nitrogen and oxygen atoms in total. The number of H-pyrrole nitrogens is 1. The number of nitrogens with zero attached hydrogens (tertiary/aromatic N) is 1. The van der Waals surface area contributed by atoms with Crippen molar-refractivity contribution in [3.63, 3.8) is 0 Å². The summed E-state index contributed by atoms with van der Waals surface area (Å²) in [5.41, 5.74) is 3.22. The molecule has 1 aliphatic carbocycles. The molecular formula is C20H22N2O3. The topological polar surface area (TPSA) is 62.4 Å². The van der Waals surface area contributed by atoms with Crippen LogP contribution in [0.4, 0.5) is 0 Å². The number of nitrogens with one attached hydrogen (secondary N) is 1. The van der Waals surface area contributed by atoms with Crippen LogP contribution in [-0.2, 0) is 12.8 Å². The molecule has 0 unspecified atom stereocenters. The van der Waals surface area contributed by atoms with Gasteiger partial charge in [0, 0.05) is 12.2 Å². The highest BCUT2D eigenvalue weighted by atomic mass is 16.5. The molecule has 1 fully saturated rings. The third-order valence-electron chi connectivity index (χ3n) is 5.33. The van der Waals surface area contributed by atoms with Gasteiger partial charge in [-0.15, -0.1) is 0 Å². The molecule has 1 aliphatic heterocycles. The Morgan fingerprint density at radius 3 is 2.76 bits per heavy atom. The second-order valence-electron chi connectivity index (χ2n) is 6.80. The Hall–Kier alpha value is -2.56. The fraction of sp³-hybridized carbons (Fsp3) is 0.400. The van der Waals surface area contributed by atoms with Crippen molar-refractivity contribution in [1.29, 1.82) is 0 Å². The smallest absolute Gasteiger partial charge is 0.261 e. The Labute approximate surface area is 146 Å². The molecule has 1 amide bonds. The van der Waals surface area contributed by atoms with Gasteiger partial charge in [0.25, 0.3) is 11.5 Å². The van der Waals surface area contributed by atoms with Gasteiger partial charge < -0.3 is 14.6 Å². The van der Waals surface area contributed by atoms with Gasteiger partial charge >= 0.3 is 0 Å². The molecule has 0 bridgehead atoms. The predicted octanol–water partition coefficient (Wildman–Crippen LogP) is 2.85. The standard InChI is InChI=1S/C20H22N2O3/c1-25-15-9-7-13(8-10-15)18-6-3-11-22(18)20(24)16-12-14-4-2-5-17(14)21-19(16)23/h7-10,12,18H,2-6,11H2,1H3,(H,21,23)/t18-/m0/s1. The van der Waals surface area contributed by atoms with E-state index in [0.717, 1.165) is 54.7 Å². The van der Waals surface area contributed by atoms with E-state index in [4.69, 9.17) is 4.74 Å². The SMILES string of the molecule is COc1ccc([C@@H]2CCCN2C(=O)c2cc3c([nH]c2=O)CCC3)cc1. The molecule has 2 heterocycles. The molecule has 0 radical (unpaired) electrons. The third-order valence-corrected chi connectivity index (χ3v) is 5.33. The molecule has 25 heavy (non-hydrogen) atoms. The second kappa shape index (κ2) is 6.39. The van der Waals surface area contributed by atoms with Gasteiger partial charge in [0.1, 0.15) is 11.3 Å². The van der Waals surface area contributed by atoms with Crippen molar-refractivity contribution in [3.05, 3.63) is 63.1 Å². The Kier molecular flexibility index (Phi) is 4.07. The number of amides is 1. The number of fused-ring (bicyclic) bond motifs is 1. The molecule has 5 heteroatoms. The fourth-order valence-electron chi connectivity index (χ4n) is 4.01. The number of likely N-dealkylation sites (tertiary alicyclic amines) is 1. The lowest BCUT2D eigenvalue weighted by molar-refractivity contribution is 0.0733. The van der Waals surface area contributed by atoms with Gasteiger partial charge in [-0.05, 0) is 61.4 Å². The van der Waals surface area contributed by atoms with Crippen molar-refractivity contribution in [1.82, 2.24) is 9.88 Å². The van der Waals surface area contributed by atoms with Crippen LogP contribution in [0.3, 0.4) is 0 Å². The van der Waals surface area contributed by atoms with E-state index in [9.17, 15) is 9.59 Å². The quantitative estimate of drug-likeness (QED) is 0.936. The number of ether oxygens (including phenoxy) is 1. The van der Waals surface area contributed by atoms with Crippen molar-refractivity contribution < 1.29 is 9.53 Å². The van der Waals surface area contributed by atoms with E-state index in [0.29, 0.717) is 6.54 Å². The number of carbonyl (C=O) groups excluding carboxylic acids is 1. The number of hydrogen-bond donors (Lipinski definition) is 1. The molecule has 1 atom stereocenters. The average molecular weight is 338 g/mol. The number of aromatic amines is 1. The summed E-state index contributed by atoms with van der Waals surface area (Å²) in [5.74, 6) is 0.643. The van der Waals surface area contributed by atoms with Crippen LogP contribution in [0.2, 0.25) is 0 Å². The van der Waals surface area contributed by atoms with Crippen molar-refractivity contribution in [3.8, 4) is 5.75 Å². The molecule has 0 saturated carbocycles. The van der Waals surface area contributed by atoms with Crippen molar-refractivity contribution in [2.24, 2.45) is 0 Å². The highest BCUT2D eigenvalue weighted by Crippen LogP contribution is 2.33. The zero-order chi connectivity index (χ0) is 17.4. The summed E-state index contributed by atoms with van der Waals surface area (Å²) in [4.78, 5) is 30.2. The van der Waals surface area contributed by atoms with Crippen LogP contribution in [0.5, 0.6) is 5.75 Å². The number of benzene rings is 1. The maximum atomic E-state index is 13.1. The first-order valence-electron chi connectivity index (χ1n) is 8.87. The monoisotopic (exact) mass is 338 g/mol. The molecule has 0 spiro atoms. The minimum absolute atomic E-state index is 0.0195. The van der Waals surface area contributed by atoms with Gasteiger partial charge in [0.2, 0.25) is 0 Å². The molecule has 1 aromatic carbocycles. The van der Waals surface area contributed by atoms with Gasteiger partial charge in [0.05, 0.1) is 13.2 Å². The van der Waals surface area contributed by atoms with Gasteiger partial charge in [-0.1, -0.05) is 12.1 Å². The molecule has 2 aromatic rings. The van der Waals surface area contributed by atoms with Gasteiger partial charge in [-0.2, -0.15) is 0 Å². The van der Waals surface area contributed by atoms with Crippen molar-refractivity contribution in [2.75, 3.05) is 13.7 Å². The van der Waals surface area contributed by atoms with Crippen LogP contribution >= 0.6 is 0 Å². The highest BCUT2D eigenvalue weighted by molar-refractivity contribution is 5.94. The molecule has 1 saturated heterocycles. The van der Waals surface area contributed by atoms with Crippen molar-refractivity contribution in [2.45, 2.75) is 38.1 Å². The average Bonchev–Trinajstić information content (AvgIpc) is 3.29. The molecule has 1 aromatic heterocycles. The minimum atomic E-state index is -0.258. The van der Waals surface area contributed by atoms with E-state index in [1.54, 1.807) is 7.11 Å². The highest BCUT2D eigenvalue weighted by Gasteiger charge is 2.32. The Morgan fingerprint density at radius 1 is 1.20 bits per heavy atom. The summed E-state index contributed by atoms with van der Waals surface area (Å²) in [5, 5.41) is 0. The second-order valence-corrected chi connectivity index (χ2v) is 6.80. The predicted molar refractivity (Wildman–Crippen MR) is 95.1 cm³/mol. The van der Waals surface area contributed by atoms with E-state index in [2.05, 4.69) is 4.98 Å². The normalized spacial score (nSPS) is 19.1. The molecule has 4 rings (SSSR count). The number of carbonyl (C=O) groups is 1. The van der Waals surface area contributed by atoms with Gasteiger partial charge in [-0.25, -0.2) is 0 Å². The van der Waals surface area contributed by atoms with Crippen LogP contribution in [0.25, 0.3) is 0 Å². The lowest BCUT2D eigenvalue weighted by Crippen LogP contribution is -2.34. The van der Waals surface area contributed by atoms with E-state index in [-0.39, 0.29) is 23.1 Å². The van der Waals surface area contributed by atoms with E-state index in [1.807, 2.05) is 35.2 Å². The third kappa shape index (κ3) is 2.84. The van der Waals surface area contributed by atoms with E-state index in [1.165, 1.54) is 0 Å². The van der Waals surface area contributed by atoms with Crippen LogP contribution in [0, 0.1) is 0 Å². The summed E-state index contributed by atoms with van der Waals surface area (Å²) < 4.78 is 5.21. The lowest BCUT2D eigenvalue weighted by atomic mass is 10.0. The minimum Gasteiger partial charge on any atom is -0.497 e. The summed E-state index contributed by atoms with van der Waals surface area (Å²) in [6.45, 7) is 0.687. The zero-order valence-electron chi connectivity index (χ0n) is 14.4. The van der Waals surface area contributed by atoms with Crippen LogP contribution in [0.15, 0.2) is 35.1 Å². The summed E-state index contributed by atoms with van der Waals surface area (Å²) in [7, 11) is 1.64. The van der Waals surface area contributed by atoms with Gasteiger partial charge in [-0.3, -0.25) is 9.59 Å². The number of aromatic nitrogens is 1. The zero-order valence-corrected chi connectivity index (χ0v) is 14.4. The van der Waals surface area contributed by atoms with Crippen molar-refractivity contribution >= 4 is 5.91 Å². The van der Waals surface area contributed by atoms with Crippen LogP contribution in [0.1, 0.15) is 52.5 Å². The van der Waals surface area contributed by atoms with Crippen LogP contribution < -0.4 is 10.3 Å². The maximum absolute atomic E-state index is 13.1. The number of methoxy groups -OCH3 is 1. The molecule has 1 N–H and O–H groups in total. The molecular weight excluding hydrogens is 316 g/mol. The summed E-state index contributed by atoms with van der Waals surface area (Å²) in [6.07, 6.45) is 4.75. The first-order chi connectivity index (χ1) is 12.2. The maximum Gasteiger partial charge on any atom is 0.261 e. The fourth-order valence-corrected chi connectivity index (χ4v) is 4.01. The number of aryl methyl sites for hydroxylation is 2. The Morgan fingerprint density at radius 2 is 2.00 bits per heavy atom. The summed E-state index contributed by atoms with van der Waals surface area (Å²) in [6, 6.07) is 9.67. The molecule has 2 aliphatic rings. The van der Waals surface area contributed by atoms with E-state index >= 15 is 0 Å². The number of hydrogen-bond acceptors (Lipinski definition) is 3. The first kappa shape index (κ1) is 15.9. The number of pyridine rings is 1. The lowest BCUT2D eigenvalue weighted by Gasteiger charge is -2.25. The Balaban J connectivity index is 1.64. The largest absolute Gasteiger partial charge is 0.497 e. The Bertz CT molecular complexity index is 854. The molecule has 130 valence electrons. The van der Waals surface area contributed by atoms with Gasteiger partial charge in [0.15, 0.2) is 0 Å². The first-order valence-corrected chi connectivity index (χ1v) is 8.87. The van der Waals surface area contributed by atoms with E-state index < -0.39 is 0 Å². The van der Waals surface area contributed by atoms with Crippen LogP contribution in [-0.4, -0.2) is 29.4 Å².